The van der Waals surface area contributed by atoms with E-state index in [1.54, 1.807) is 6.20 Å². The lowest BCUT2D eigenvalue weighted by molar-refractivity contribution is 0.332. The normalized spacial score (nSPS) is 10.3. The van der Waals surface area contributed by atoms with E-state index in [0.717, 1.165) is 24.5 Å². The molecule has 0 saturated carbocycles. The van der Waals surface area contributed by atoms with Gasteiger partial charge in [0.05, 0.1) is 12.4 Å². The summed E-state index contributed by atoms with van der Waals surface area (Å²) in [5, 5.41) is 7.46. The first-order valence-electron chi connectivity index (χ1n) is 6.23. The molecular weight excluding hydrogens is 226 g/mol. The summed E-state index contributed by atoms with van der Waals surface area (Å²) in [5.74, 6) is 0.822. The molecule has 4 heteroatoms. The molecular formula is C14H19N3O. The van der Waals surface area contributed by atoms with Crippen LogP contribution in [0.2, 0.25) is 0 Å². The van der Waals surface area contributed by atoms with Gasteiger partial charge in [0.1, 0.15) is 6.61 Å². The number of ether oxygens (including phenoxy) is 1. The van der Waals surface area contributed by atoms with Crippen molar-refractivity contribution in [1.29, 1.82) is 0 Å². The number of anilines is 1. The Morgan fingerprint density at radius 2 is 2.06 bits per heavy atom. The predicted molar refractivity (Wildman–Crippen MR) is 73.1 cm³/mol. The Morgan fingerprint density at radius 3 is 2.72 bits per heavy atom. The molecule has 0 aliphatic rings. The summed E-state index contributed by atoms with van der Waals surface area (Å²) in [6.45, 7) is 6.41. The number of hydrogen-bond donors (Lipinski definition) is 1. The Morgan fingerprint density at radius 1 is 1.28 bits per heavy atom. The van der Waals surface area contributed by atoms with Crippen molar-refractivity contribution < 1.29 is 4.74 Å². The van der Waals surface area contributed by atoms with Crippen molar-refractivity contribution in [3.8, 4) is 5.75 Å². The molecule has 1 aromatic heterocycles. The smallest absolute Gasteiger partial charge is 0.157 e. The van der Waals surface area contributed by atoms with Crippen molar-refractivity contribution in [2.75, 3.05) is 18.5 Å². The Kier molecular flexibility index (Phi) is 4.23. The maximum Gasteiger partial charge on any atom is 0.157 e. The molecule has 18 heavy (non-hydrogen) atoms. The van der Waals surface area contributed by atoms with Gasteiger partial charge in [-0.15, -0.1) is 0 Å². The molecule has 0 saturated heterocycles. The van der Waals surface area contributed by atoms with E-state index in [9.17, 15) is 0 Å². The average molecular weight is 245 g/mol. The highest BCUT2D eigenvalue weighted by molar-refractivity contribution is 5.44. The van der Waals surface area contributed by atoms with Gasteiger partial charge in [-0.05, 0) is 26.0 Å². The number of rotatable bonds is 6. The molecule has 0 atom stereocenters. The second kappa shape index (κ2) is 6.10. The summed E-state index contributed by atoms with van der Waals surface area (Å²) in [6.07, 6.45) is 3.65. The van der Waals surface area contributed by atoms with Crippen molar-refractivity contribution in [1.82, 2.24) is 9.78 Å². The average Bonchev–Trinajstić information content (AvgIpc) is 2.85. The zero-order valence-corrected chi connectivity index (χ0v) is 10.9. The van der Waals surface area contributed by atoms with Crippen LogP contribution in [0.4, 0.5) is 5.69 Å². The summed E-state index contributed by atoms with van der Waals surface area (Å²) in [7, 11) is 0. The van der Waals surface area contributed by atoms with Gasteiger partial charge in [-0.1, -0.05) is 17.7 Å². The van der Waals surface area contributed by atoms with Crippen molar-refractivity contribution in [3.63, 3.8) is 0 Å². The lowest BCUT2D eigenvalue weighted by atomic mass is 10.2. The summed E-state index contributed by atoms with van der Waals surface area (Å²) in [5.41, 5.74) is 2.39. The van der Waals surface area contributed by atoms with Crippen LogP contribution in [-0.4, -0.2) is 22.9 Å². The van der Waals surface area contributed by atoms with Crippen LogP contribution in [0.3, 0.4) is 0 Å². The topological polar surface area (TPSA) is 39.1 Å². The third-order valence-corrected chi connectivity index (χ3v) is 2.69. The lowest BCUT2D eigenvalue weighted by Gasteiger charge is -2.07. The van der Waals surface area contributed by atoms with Gasteiger partial charge >= 0.3 is 0 Å². The number of benzene rings is 1. The van der Waals surface area contributed by atoms with Gasteiger partial charge in [0.15, 0.2) is 5.75 Å². The summed E-state index contributed by atoms with van der Waals surface area (Å²) in [6, 6.07) is 8.33. The van der Waals surface area contributed by atoms with Crippen LogP contribution >= 0.6 is 0 Å². The fraction of sp³-hybridized carbons (Fsp3) is 0.357. The van der Waals surface area contributed by atoms with E-state index < -0.39 is 0 Å². The first-order chi connectivity index (χ1) is 8.78. The van der Waals surface area contributed by atoms with E-state index in [1.165, 1.54) is 5.56 Å². The molecule has 0 unspecified atom stereocenters. The highest BCUT2D eigenvalue weighted by atomic mass is 16.5. The molecule has 2 rings (SSSR count). The molecule has 1 aromatic carbocycles. The SMILES string of the molecule is CCn1cc(OCCNc2ccc(C)cc2)cn1. The van der Waals surface area contributed by atoms with E-state index in [2.05, 4.69) is 48.5 Å². The minimum absolute atomic E-state index is 0.628. The Hall–Kier alpha value is -1.97. The van der Waals surface area contributed by atoms with Crippen LogP contribution in [0.5, 0.6) is 5.75 Å². The quantitative estimate of drug-likeness (QED) is 0.795. The molecule has 1 N–H and O–H groups in total. The van der Waals surface area contributed by atoms with Crippen LogP contribution in [-0.2, 0) is 6.54 Å². The number of nitrogens with one attached hydrogen (secondary N) is 1. The third-order valence-electron chi connectivity index (χ3n) is 2.69. The van der Waals surface area contributed by atoms with Gasteiger partial charge in [-0.2, -0.15) is 5.10 Å². The zero-order chi connectivity index (χ0) is 12.8. The van der Waals surface area contributed by atoms with Crippen LogP contribution in [0, 0.1) is 6.92 Å². The number of aryl methyl sites for hydroxylation is 2. The Bertz CT molecular complexity index is 476. The molecule has 0 bridgehead atoms. The molecule has 0 aliphatic heterocycles. The van der Waals surface area contributed by atoms with E-state index in [0.29, 0.717) is 6.61 Å². The van der Waals surface area contributed by atoms with Gasteiger partial charge in [0, 0.05) is 18.8 Å². The molecule has 2 aromatic rings. The fourth-order valence-electron chi connectivity index (χ4n) is 1.63. The highest BCUT2D eigenvalue weighted by Crippen LogP contribution is 2.09. The third kappa shape index (κ3) is 3.52. The molecule has 4 nitrogen and oxygen atoms in total. The summed E-state index contributed by atoms with van der Waals surface area (Å²) < 4.78 is 7.44. The lowest BCUT2D eigenvalue weighted by Crippen LogP contribution is -2.11. The minimum atomic E-state index is 0.628. The second-order valence-electron chi connectivity index (χ2n) is 4.17. The van der Waals surface area contributed by atoms with Crippen LogP contribution in [0.1, 0.15) is 12.5 Å². The number of hydrogen-bond acceptors (Lipinski definition) is 3. The minimum Gasteiger partial charge on any atom is -0.488 e. The molecule has 0 radical (unpaired) electrons. The molecule has 96 valence electrons. The number of nitrogens with zero attached hydrogens (tertiary/aromatic N) is 2. The molecule has 0 aliphatic carbocycles. The van der Waals surface area contributed by atoms with Gasteiger partial charge < -0.3 is 10.1 Å². The van der Waals surface area contributed by atoms with Crippen LogP contribution in [0.25, 0.3) is 0 Å². The molecule has 0 spiro atoms. The van der Waals surface area contributed by atoms with E-state index in [4.69, 9.17) is 4.74 Å². The van der Waals surface area contributed by atoms with E-state index in [1.807, 2.05) is 10.9 Å². The van der Waals surface area contributed by atoms with Crippen LogP contribution < -0.4 is 10.1 Å². The molecule has 0 fully saturated rings. The van der Waals surface area contributed by atoms with Crippen molar-refractivity contribution in [2.24, 2.45) is 0 Å². The second-order valence-corrected chi connectivity index (χ2v) is 4.17. The van der Waals surface area contributed by atoms with Crippen molar-refractivity contribution >= 4 is 5.69 Å². The monoisotopic (exact) mass is 245 g/mol. The summed E-state index contributed by atoms with van der Waals surface area (Å²) >= 11 is 0. The van der Waals surface area contributed by atoms with Crippen molar-refractivity contribution in [2.45, 2.75) is 20.4 Å². The van der Waals surface area contributed by atoms with Gasteiger partial charge in [-0.3, -0.25) is 4.68 Å². The number of aromatic nitrogens is 2. The Labute approximate surface area is 108 Å². The van der Waals surface area contributed by atoms with E-state index >= 15 is 0 Å². The Balaban J connectivity index is 1.71. The summed E-state index contributed by atoms with van der Waals surface area (Å²) in [4.78, 5) is 0. The first-order valence-corrected chi connectivity index (χ1v) is 6.23. The maximum atomic E-state index is 5.59. The van der Waals surface area contributed by atoms with Gasteiger partial charge in [0.25, 0.3) is 0 Å². The maximum absolute atomic E-state index is 5.59. The molecule has 1 heterocycles. The van der Waals surface area contributed by atoms with Gasteiger partial charge in [0.2, 0.25) is 0 Å². The highest BCUT2D eigenvalue weighted by Gasteiger charge is 1.97. The van der Waals surface area contributed by atoms with Crippen LogP contribution in [0.15, 0.2) is 36.7 Å². The fourth-order valence-corrected chi connectivity index (χ4v) is 1.63. The standard InChI is InChI=1S/C14H19N3O/c1-3-17-11-14(10-16-17)18-9-8-15-13-6-4-12(2)5-7-13/h4-7,10-11,15H,3,8-9H2,1-2H3. The van der Waals surface area contributed by atoms with E-state index in [-0.39, 0.29) is 0 Å². The largest absolute Gasteiger partial charge is 0.488 e. The first kappa shape index (κ1) is 12.5. The molecule has 0 amide bonds. The zero-order valence-electron chi connectivity index (χ0n) is 10.9. The predicted octanol–water partition coefficient (Wildman–Crippen LogP) is 2.70. The van der Waals surface area contributed by atoms with Gasteiger partial charge in [-0.25, -0.2) is 0 Å². The van der Waals surface area contributed by atoms with Crippen molar-refractivity contribution in [3.05, 3.63) is 42.2 Å².